The molecule has 2 fully saturated rings. The molecule has 0 aromatic heterocycles. The normalized spacial score (nSPS) is 23.9. The van der Waals surface area contributed by atoms with E-state index in [9.17, 15) is 39.4 Å². The monoisotopic (exact) mass is 316 g/mol. The average molecular weight is 316 g/mol. The highest BCUT2D eigenvalue weighted by Gasteiger charge is 2.71. The molecule has 0 bridgehead atoms. The molecule has 6 amide bonds. The van der Waals surface area contributed by atoms with Crippen LogP contribution in [0.15, 0.2) is 0 Å². The minimum atomic E-state index is -1.92. The maximum absolute atomic E-state index is 11.9. The SMILES string of the molecule is CC(=O)N1C(=O)N([N+](=O)[O-])[C@@H]2[C@H]1N([N+](=O)[O-])C(=O)N2C(C)=O. The molecule has 0 unspecified atom stereocenters. The molecule has 0 aliphatic carbocycles. The fourth-order valence-electron chi connectivity index (χ4n) is 2.39. The minimum absolute atomic E-state index is 0.158. The molecule has 2 aliphatic heterocycles. The van der Waals surface area contributed by atoms with E-state index in [1.165, 1.54) is 0 Å². The molecule has 0 aromatic rings. The van der Waals surface area contributed by atoms with Crippen LogP contribution < -0.4 is 0 Å². The molecule has 0 N–H and O–H groups in total. The molecule has 14 heteroatoms. The number of hydrazine groups is 2. The second-order valence-corrected chi connectivity index (χ2v) is 4.34. The van der Waals surface area contributed by atoms with Crippen molar-refractivity contribution in [3.05, 3.63) is 20.2 Å². The van der Waals surface area contributed by atoms with E-state index in [-0.39, 0.29) is 19.8 Å². The summed E-state index contributed by atoms with van der Waals surface area (Å²) >= 11 is 0. The Balaban J connectivity index is 2.66. The summed E-state index contributed by atoms with van der Waals surface area (Å²) in [5, 5.41) is 19.2. The van der Waals surface area contributed by atoms with Crippen molar-refractivity contribution < 1.29 is 29.2 Å². The number of fused-ring (bicyclic) bond motifs is 1. The van der Waals surface area contributed by atoms with Gasteiger partial charge in [0.25, 0.3) is 0 Å². The summed E-state index contributed by atoms with van der Waals surface area (Å²) in [4.78, 5) is 69.3. The second-order valence-electron chi connectivity index (χ2n) is 4.34. The number of amides is 6. The number of imide groups is 2. The highest BCUT2D eigenvalue weighted by Crippen LogP contribution is 2.35. The van der Waals surface area contributed by atoms with Crippen LogP contribution in [-0.2, 0) is 9.59 Å². The zero-order valence-corrected chi connectivity index (χ0v) is 11.1. The lowest BCUT2D eigenvalue weighted by Gasteiger charge is -2.18. The summed E-state index contributed by atoms with van der Waals surface area (Å²) in [7, 11) is 0. The van der Waals surface area contributed by atoms with E-state index in [1.807, 2.05) is 0 Å². The molecule has 0 saturated carbocycles. The summed E-state index contributed by atoms with van der Waals surface area (Å²) in [6, 6.07) is -2.95. The molecule has 0 radical (unpaired) electrons. The highest BCUT2D eigenvalue weighted by molar-refractivity contribution is 6.01. The van der Waals surface area contributed by atoms with Crippen LogP contribution in [0.2, 0.25) is 0 Å². The van der Waals surface area contributed by atoms with Crippen molar-refractivity contribution >= 4 is 23.9 Å². The third kappa shape index (κ3) is 1.73. The van der Waals surface area contributed by atoms with Crippen molar-refractivity contribution in [1.29, 1.82) is 0 Å². The Bertz CT molecular complexity index is 530. The summed E-state index contributed by atoms with van der Waals surface area (Å²) in [5.41, 5.74) is 0. The van der Waals surface area contributed by atoms with E-state index in [1.54, 1.807) is 0 Å². The maximum Gasteiger partial charge on any atom is 0.389 e. The lowest BCUT2D eigenvalue weighted by molar-refractivity contribution is -0.653. The van der Waals surface area contributed by atoms with Gasteiger partial charge in [0.1, 0.15) is 0 Å². The van der Waals surface area contributed by atoms with Gasteiger partial charge < -0.3 is 0 Å². The van der Waals surface area contributed by atoms with Crippen LogP contribution in [0.25, 0.3) is 0 Å². The average Bonchev–Trinajstić information content (AvgIpc) is 2.76. The van der Waals surface area contributed by atoms with Gasteiger partial charge in [0, 0.05) is 13.8 Å². The Kier molecular flexibility index (Phi) is 3.16. The zero-order chi connectivity index (χ0) is 16.9. The molecular weight excluding hydrogens is 308 g/mol. The first-order valence-electron chi connectivity index (χ1n) is 5.65. The van der Waals surface area contributed by atoms with Crippen LogP contribution >= 0.6 is 0 Å². The van der Waals surface area contributed by atoms with Gasteiger partial charge >= 0.3 is 12.1 Å². The zero-order valence-electron chi connectivity index (χ0n) is 11.1. The van der Waals surface area contributed by atoms with Gasteiger partial charge in [-0.2, -0.15) is 0 Å². The van der Waals surface area contributed by atoms with Crippen LogP contribution in [0.1, 0.15) is 13.8 Å². The quantitative estimate of drug-likeness (QED) is 0.442. The van der Waals surface area contributed by atoms with Crippen LogP contribution in [0.4, 0.5) is 9.59 Å². The van der Waals surface area contributed by atoms with E-state index in [0.29, 0.717) is 0 Å². The van der Waals surface area contributed by atoms with Gasteiger partial charge in [-0.25, -0.2) is 39.6 Å². The van der Waals surface area contributed by atoms with Gasteiger partial charge in [-0.1, -0.05) is 0 Å². The number of nitro groups is 2. The molecule has 0 aromatic carbocycles. The molecule has 118 valence electrons. The second kappa shape index (κ2) is 4.61. The molecule has 2 atom stereocenters. The van der Waals surface area contributed by atoms with Crippen molar-refractivity contribution in [2.24, 2.45) is 0 Å². The summed E-state index contributed by atoms with van der Waals surface area (Å²) < 4.78 is 0. The first-order valence-corrected chi connectivity index (χ1v) is 5.65. The number of carbonyl (C=O) groups excluding carboxylic acids is 4. The van der Waals surface area contributed by atoms with Gasteiger partial charge in [-0.3, -0.25) is 9.59 Å². The van der Waals surface area contributed by atoms with Gasteiger partial charge in [0.2, 0.25) is 24.1 Å². The number of hydrogen-bond acceptors (Lipinski definition) is 8. The summed E-state index contributed by atoms with van der Waals surface area (Å²) in [6.45, 7) is 1.69. The standard InChI is InChI=1S/C8H8N6O8/c1-3(15)9-5-6(12(7(9)17)14(21)22)10(4(2)16)8(18)11(5)13(19)20/h5-6H,1-2H3/t5-,6-/m1/s1. The fourth-order valence-corrected chi connectivity index (χ4v) is 2.39. The van der Waals surface area contributed by atoms with Crippen molar-refractivity contribution in [2.45, 2.75) is 26.2 Å². The predicted octanol–water partition coefficient (Wildman–Crippen LogP) is -1.41. The molecule has 2 heterocycles. The number of nitrogens with zero attached hydrogens (tertiary/aromatic N) is 6. The molecular formula is C8H8N6O8. The van der Waals surface area contributed by atoms with E-state index in [0.717, 1.165) is 13.8 Å². The molecule has 2 saturated heterocycles. The minimum Gasteiger partial charge on any atom is -0.275 e. The third-order valence-corrected chi connectivity index (χ3v) is 3.13. The van der Waals surface area contributed by atoms with Crippen LogP contribution in [0, 0.1) is 20.2 Å². The molecule has 22 heavy (non-hydrogen) atoms. The Hall–Kier alpha value is -3.32. The number of rotatable bonds is 2. The number of urea groups is 2. The van der Waals surface area contributed by atoms with E-state index < -0.39 is 46.3 Å². The number of hydrogen-bond donors (Lipinski definition) is 0. The summed E-state index contributed by atoms with van der Waals surface area (Å²) in [6.07, 6.45) is -3.83. The largest absolute Gasteiger partial charge is 0.389 e. The maximum atomic E-state index is 11.9. The Morgan fingerprint density at radius 3 is 1.32 bits per heavy atom. The van der Waals surface area contributed by atoms with Crippen LogP contribution in [-0.4, -0.2) is 66.1 Å². The van der Waals surface area contributed by atoms with Crippen LogP contribution in [0.3, 0.4) is 0 Å². The van der Waals surface area contributed by atoms with Crippen molar-refractivity contribution in [1.82, 2.24) is 19.8 Å². The van der Waals surface area contributed by atoms with Crippen LogP contribution in [0.5, 0.6) is 0 Å². The Labute approximate surface area is 120 Å². The lowest BCUT2D eigenvalue weighted by atomic mass is 10.3. The van der Waals surface area contributed by atoms with Gasteiger partial charge in [0.05, 0.1) is 0 Å². The third-order valence-electron chi connectivity index (χ3n) is 3.13. The van der Waals surface area contributed by atoms with E-state index >= 15 is 0 Å². The van der Waals surface area contributed by atoms with Gasteiger partial charge in [-0.05, 0) is 10.0 Å². The number of carbonyl (C=O) groups is 4. The Morgan fingerprint density at radius 2 is 1.14 bits per heavy atom. The van der Waals surface area contributed by atoms with E-state index in [4.69, 9.17) is 0 Å². The van der Waals surface area contributed by atoms with E-state index in [2.05, 4.69) is 0 Å². The van der Waals surface area contributed by atoms with Crippen molar-refractivity contribution in [2.75, 3.05) is 0 Å². The Morgan fingerprint density at radius 1 is 0.864 bits per heavy atom. The summed E-state index contributed by atoms with van der Waals surface area (Å²) in [5.74, 6) is -2.09. The molecule has 2 rings (SSSR count). The topological polar surface area (TPSA) is 168 Å². The van der Waals surface area contributed by atoms with Gasteiger partial charge in [0.15, 0.2) is 10.1 Å². The molecule has 0 spiro atoms. The van der Waals surface area contributed by atoms with Gasteiger partial charge in [-0.15, -0.1) is 0 Å². The molecule has 14 nitrogen and oxygen atoms in total. The molecule has 2 aliphatic rings. The fraction of sp³-hybridized carbons (Fsp3) is 0.500. The lowest BCUT2D eigenvalue weighted by Crippen LogP contribution is -2.51. The predicted molar refractivity (Wildman–Crippen MR) is 61.1 cm³/mol. The first kappa shape index (κ1) is 15.1. The first-order chi connectivity index (χ1) is 10.1. The highest BCUT2D eigenvalue weighted by atomic mass is 16.7. The smallest absolute Gasteiger partial charge is 0.275 e. The van der Waals surface area contributed by atoms with Crippen molar-refractivity contribution in [3.63, 3.8) is 0 Å². The van der Waals surface area contributed by atoms with Crippen molar-refractivity contribution in [3.8, 4) is 0 Å².